The first kappa shape index (κ1) is 23.5. The Morgan fingerprint density at radius 1 is 0.900 bits per heavy atom. The van der Waals surface area contributed by atoms with Crippen molar-refractivity contribution < 1.29 is 23.8 Å². The molecule has 0 aliphatic carbocycles. The number of carbonyl (C=O) groups is 2. The fourth-order valence-corrected chi connectivity index (χ4v) is 2.82. The number of hydrogen-bond donors (Lipinski definition) is 0. The topological polar surface area (TPSA) is 61.8 Å². The molecule has 0 aromatic heterocycles. The molecular weight excluding hydrogens is 380 g/mol. The van der Waals surface area contributed by atoms with Crippen LogP contribution in [0.1, 0.15) is 67.8 Å². The SMILES string of the molecule is COc1cc(C(=O)O[C@H](C)C(=O)c2ccc(C(C)(C)C)cc2)ccc1OCC(C)C. The van der Waals surface area contributed by atoms with E-state index in [4.69, 9.17) is 14.2 Å². The van der Waals surface area contributed by atoms with Crippen LogP contribution < -0.4 is 9.47 Å². The molecule has 0 aliphatic heterocycles. The molecule has 0 saturated heterocycles. The number of ether oxygens (including phenoxy) is 3. The van der Waals surface area contributed by atoms with E-state index in [1.807, 2.05) is 26.0 Å². The lowest BCUT2D eigenvalue weighted by molar-refractivity contribution is 0.0318. The van der Waals surface area contributed by atoms with Crippen molar-refractivity contribution in [2.45, 2.75) is 53.1 Å². The number of esters is 1. The molecule has 0 aliphatic rings. The van der Waals surface area contributed by atoms with Crippen LogP contribution in [0.3, 0.4) is 0 Å². The van der Waals surface area contributed by atoms with E-state index in [0.29, 0.717) is 35.2 Å². The molecule has 0 bridgehead atoms. The van der Waals surface area contributed by atoms with E-state index in [0.717, 1.165) is 5.56 Å². The zero-order valence-corrected chi connectivity index (χ0v) is 18.9. The van der Waals surface area contributed by atoms with E-state index in [1.54, 1.807) is 37.3 Å². The van der Waals surface area contributed by atoms with Crippen molar-refractivity contribution >= 4 is 11.8 Å². The fourth-order valence-electron chi connectivity index (χ4n) is 2.82. The highest BCUT2D eigenvalue weighted by atomic mass is 16.5. The van der Waals surface area contributed by atoms with E-state index < -0.39 is 12.1 Å². The van der Waals surface area contributed by atoms with Gasteiger partial charge in [-0.3, -0.25) is 4.79 Å². The lowest BCUT2D eigenvalue weighted by Crippen LogP contribution is -2.24. The van der Waals surface area contributed by atoms with E-state index in [9.17, 15) is 9.59 Å². The van der Waals surface area contributed by atoms with Crippen molar-refractivity contribution in [3.05, 3.63) is 59.2 Å². The molecule has 162 valence electrons. The average molecular weight is 413 g/mol. The van der Waals surface area contributed by atoms with Gasteiger partial charge in [0.05, 0.1) is 19.3 Å². The summed E-state index contributed by atoms with van der Waals surface area (Å²) in [6.45, 7) is 12.6. The monoisotopic (exact) mass is 412 g/mol. The minimum Gasteiger partial charge on any atom is -0.493 e. The summed E-state index contributed by atoms with van der Waals surface area (Å²) in [7, 11) is 1.51. The maximum Gasteiger partial charge on any atom is 0.338 e. The van der Waals surface area contributed by atoms with Crippen molar-refractivity contribution in [1.29, 1.82) is 0 Å². The van der Waals surface area contributed by atoms with Crippen LogP contribution in [0.15, 0.2) is 42.5 Å². The number of carbonyl (C=O) groups excluding carboxylic acids is 2. The molecule has 0 radical (unpaired) electrons. The Bertz CT molecular complexity index is 875. The molecule has 2 aromatic carbocycles. The zero-order chi connectivity index (χ0) is 22.5. The van der Waals surface area contributed by atoms with Gasteiger partial charge in [-0.1, -0.05) is 58.9 Å². The predicted octanol–water partition coefficient (Wildman–Crippen LogP) is 5.46. The third kappa shape index (κ3) is 6.09. The fraction of sp³-hybridized carbons (Fsp3) is 0.440. The molecule has 2 aromatic rings. The van der Waals surface area contributed by atoms with Gasteiger partial charge in [0.15, 0.2) is 17.6 Å². The molecular formula is C25H32O5. The second kappa shape index (κ2) is 9.79. The number of hydrogen-bond acceptors (Lipinski definition) is 5. The molecule has 0 amide bonds. The van der Waals surface area contributed by atoms with Gasteiger partial charge in [0.2, 0.25) is 5.78 Å². The molecule has 30 heavy (non-hydrogen) atoms. The maximum absolute atomic E-state index is 12.7. The minimum atomic E-state index is -0.902. The van der Waals surface area contributed by atoms with Crippen LogP contribution in [0.2, 0.25) is 0 Å². The quantitative estimate of drug-likeness (QED) is 0.426. The van der Waals surface area contributed by atoms with Crippen LogP contribution in [0.5, 0.6) is 11.5 Å². The molecule has 0 N–H and O–H groups in total. The van der Waals surface area contributed by atoms with Crippen LogP contribution in [0.25, 0.3) is 0 Å². The molecule has 0 spiro atoms. The van der Waals surface area contributed by atoms with E-state index in [-0.39, 0.29) is 11.2 Å². The van der Waals surface area contributed by atoms with Gasteiger partial charge in [0, 0.05) is 5.56 Å². The first-order chi connectivity index (χ1) is 14.0. The lowest BCUT2D eigenvalue weighted by Gasteiger charge is -2.19. The Morgan fingerprint density at radius 3 is 2.03 bits per heavy atom. The highest BCUT2D eigenvalue weighted by Gasteiger charge is 2.22. The second-order valence-electron chi connectivity index (χ2n) is 8.81. The summed E-state index contributed by atoms with van der Waals surface area (Å²) in [4.78, 5) is 25.2. The summed E-state index contributed by atoms with van der Waals surface area (Å²) in [6, 6.07) is 12.3. The summed E-state index contributed by atoms with van der Waals surface area (Å²) in [5, 5.41) is 0. The third-order valence-electron chi connectivity index (χ3n) is 4.66. The first-order valence-corrected chi connectivity index (χ1v) is 10.2. The summed E-state index contributed by atoms with van der Waals surface area (Å²) in [5.41, 5.74) is 1.95. The van der Waals surface area contributed by atoms with E-state index in [2.05, 4.69) is 20.8 Å². The highest BCUT2D eigenvalue weighted by molar-refractivity contribution is 6.01. The van der Waals surface area contributed by atoms with Crippen molar-refractivity contribution in [2.24, 2.45) is 5.92 Å². The number of benzene rings is 2. The Balaban J connectivity index is 2.08. The van der Waals surface area contributed by atoms with Crippen molar-refractivity contribution in [3.8, 4) is 11.5 Å². The van der Waals surface area contributed by atoms with Gasteiger partial charge >= 0.3 is 5.97 Å². The van der Waals surface area contributed by atoms with Gasteiger partial charge in [-0.25, -0.2) is 4.79 Å². The Labute approximate surface area is 179 Å². The molecule has 0 fully saturated rings. The highest BCUT2D eigenvalue weighted by Crippen LogP contribution is 2.29. The van der Waals surface area contributed by atoms with Gasteiger partial charge < -0.3 is 14.2 Å². The van der Waals surface area contributed by atoms with Crippen LogP contribution in [-0.2, 0) is 10.2 Å². The molecule has 2 rings (SSSR count). The molecule has 1 atom stereocenters. The molecule has 0 unspecified atom stereocenters. The van der Waals surface area contributed by atoms with E-state index in [1.165, 1.54) is 7.11 Å². The molecule has 0 saturated carbocycles. The standard InChI is InChI=1S/C25H32O5/c1-16(2)15-29-21-13-10-19(14-22(21)28-7)24(27)30-17(3)23(26)18-8-11-20(12-9-18)25(4,5)6/h8-14,16-17H,15H2,1-7H3/t17-/m1/s1. The summed E-state index contributed by atoms with van der Waals surface area (Å²) in [6.07, 6.45) is -0.902. The van der Waals surface area contributed by atoms with Gasteiger partial charge in [-0.05, 0) is 42.0 Å². The van der Waals surface area contributed by atoms with Crippen molar-refractivity contribution in [3.63, 3.8) is 0 Å². The lowest BCUT2D eigenvalue weighted by atomic mass is 9.86. The van der Waals surface area contributed by atoms with Gasteiger partial charge in [-0.15, -0.1) is 0 Å². The zero-order valence-electron chi connectivity index (χ0n) is 18.9. The molecule has 5 heteroatoms. The maximum atomic E-state index is 12.7. The van der Waals surface area contributed by atoms with Crippen LogP contribution in [0, 0.1) is 5.92 Å². The minimum absolute atomic E-state index is 0.00373. The van der Waals surface area contributed by atoms with Gasteiger partial charge in [-0.2, -0.15) is 0 Å². The second-order valence-corrected chi connectivity index (χ2v) is 8.81. The van der Waals surface area contributed by atoms with Crippen molar-refractivity contribution in [1.82, 2.24) is 0 Å². The summed E-state index contributed by atoms with van der Waals surface area (Å²) in [5.74, 6) is 0.542. The summed E-state index contributed by atoms with van der Waals surface area (Å²) >= 11 is 0. The smallest absolute Gasteiger partial charge is 0.338 e. The van der Waals surface area contributed by atoms with E-state index >= 15 is 0 Å². The Kier molecular flexibility index (Phi) is 7.65. The molecule has 5 nitrogen and oxygen atoms in total. The van der Waals surface area contributed by atoms with Crippen LogP contribution >= 0.6 is 0 Å². The molecule has 0 heterocycles. The number of Topliss-reactive ketones (excluding diaryl/α,β-unsaturated/α-hetero) is 1. The predicted molar refractivity (Wildman–Crippen MR) is 118 cm³/mol. The largest absolute Gasteiger partial charge is 0.493 e. The van der Waals surface area contributed by atoms with Gasteiger partial charge in [0.25, 0.3) is 0 Å². The number of ketones is 1. The Hall–Kier alpha value is -2.82. The van der Waals surface area contributed by atoms with Gasteiger partial charge in [0.1, 0.15) is 0 Å². The first-order valence-electron chi connectivity index (χ1n) is 10.2. The average Bonchev–Trinajstić information content (AvgIpc) is 2.70. The van der Waals surface area contributed by atoms with Crippen molar-refractivity contribution in [2.75, 3.05) is 13.7 Å². The number of methoxy groups -OCH3 is 1. The summed E-state index contributed by atoms with van der Waals surface area (Å²) < 4.78 is 16.4. The normalized spacial score (nSPS) is 12.4. The van der Waals surface area contributed by atoms with Crippen LogP contribution in [0.4, 0.5) is 0 Å². The Morgan fingerprint density at radius 2 is 1.50 bits per heavy atom. The number of rotatable bonds is 8. The van der Waals surface area contributed by atoms with Crippen LogP contribution in [-0.4, -0.2) is 31.6 Å². The third-order valence-corrected chi connectivity index (χ3v) is 4.66.